The van der Waals surface area contributed by atoms with E-state index in [2.05, 4.69) is 34.5 Å². The van der Waals surface area contributed by atoms with Crippen molar-refractivity contribution >= 4 is 51.0 Å². The second-order valence-corrected chi connectivity index (χ2v) is 10.9. The van der Waals surface area contributed by atoms with Crippen molar-refractivity contribution in [2.24, 2.45) is 0 Å². The van der Waals surface area contributed by atoms with Crippen molar-refractivity contribution in [3.63, 3.8) is 0 Å². The van der Waals surface area contributed by atoms with Gasteiger partial charge in [0.1, 0.15) is 6.26 Å². The van der Waals surface area contributed by atoms with Gasteiger partial charge < -0.3 is 20.2 Å². The van der Waals surface area contributed by atoms with Gasteiger partial charge in [0, 0.05) is 57.7 Å². The zero-order chi connectivity index (χ0) is 22.8. The number of aromatic nitrogens is 1. The van der Waals surface area contributed by atoms with E-state index in [-0.39, 0.29) is 11.8 Å². The van der Waals surface area contributed by atoms with Crippen molar-refractivity contribution in [3.05, 3.63) is 57.7 Å². The minimum absolute atomic E-state index is 0.00729. The average molecular weight is 471 g/mol. The fourth-order valence-corrected chi connectivity index (χ4v) is 6.16. The van der Waals surface area contributed by atoms with Crippen molar-refractivity contribution in [2.75, 3.05) is 30.0 Å². The Kier molecular flexibility index (Phi) is 5.21. The number of nitrogens with two attached hydrogens (primary N) is 1. The molecule has 0 amide bonds. The van der Waals surface area contributed by atoms with Gasteiger partial charge in [0.25, 0.3) is 0 Å². The van der Waals surface area contributed by atoms with Crippen LogP contribution in [0.4, 0.5) is 11.4 Å². The van der Waals surface area contributed by atoms with Crippen LogP contribution in [-0.2, 0) is 16.8 Å². The third-order valence-electron chi connectivity index (χ3n) is 6.85. The monoisotopic (exact) mass is 470 g/mol. The predicted octanol–water partition coefficient (Wildman–Crippen LogP) is 4.13. The van der Waals surface area contributed by atoms with Crippen LogP contribution < -0.4 is 15.4 Å². The topological polar surface area (TPSA) is 97.2 Å². The number of anilines is 2. The highest BCUT2D eigenvalue weighted by Gasteiger charge is 2.40. The number of benzene rings is 2. The first-order chi connectivity index (χ1) is 15.2. The highest BCUT2D eigenvalue weighted by molar-refractivity contribution is 7.88. The minimum atomic E-state index is -1.01. The molecule has 1 unspecified atom stereocenters. The standard InChI is InChI=1S/C24H27ClN4O2S/c1-24(2)17-12-20(29-8-6-14(7-9-29)28-32(3)31)18(25)11-16(17)22(30)21-15-5-4-13(26)10-19(15)27-23(21)24/h4-5,10-12,14,27-28H,6-9,26H2,1-3H3. The zero-order valence-electron chi connectivity index (χ0n) is 18.4. The quantitative estimate of drug-likeness (QED) is 0.395. The summed E-state index contributed by atoms with van der Waals surface area (Å²) in [6, 6.07) is 9.78. The summed E-state index contributed by atoms with van der Waals surface area (Å²) in [7, 11) is 0. The number of ketones is 1. The molecule has 1 aliphatic heterocycles. The maximum Gasteiger partial charge on any atom is 0.195 e. The summed E-state index contributed by atoms with van der Waals surface area (Å²) in [5, 5.41) is 1.48. The van der Waals surface area contributed by atoms with E-state index in [0.717, 1.165) is 53.8 Å². The molecule has 1 saturated heterocycles. The SMILES string of the molecule is C[S+]([O-])NC1CCN(c2cc3c(cc2Cl)C(=O)c2c([nH]c4cc(N)ccc24)C3(C)C)CC1. The fraction of sp³-hybridized carbons (Fsp3) is 0.375. The van der Waals surface area contributed by atoms with Gasteiger partial charge in [0.05, 0.1) is 22.3 Å². The predicted molar refractivity (Wildman–Crippen MR) is 132 cm³/mol. The van der Waals surface area contributed by atoms with Gasteiger partial charge in [-0.3, -0.25) is 4.79 Å². The second-order valence-electron chi connectivity index (χ2n) is 9.32. The van der Waals surface area contributed by atoms with E-state index in [4.69, 9.17) is 17.3 Å². The number of rotatable bonds is 3. The zero-order valence-corrected chi connectivity index (χ0v) is 20.0. The Morgan fingerprint density at radius 1 is 1.25 bits per heavy atom. The molecular weight excluding hydrogens is 444 g/mol. The summed E-state index contributed by atoms with van der Waals surface area (Å²) in [6.45, 7) is 5.91. The summed E-state index contributed by atoms with van der Waals surface area (Å²) < 4.78 is 14.6. The molecule has 6 nitrogen and oxygen atoms in total. The Labute approximate surface area is 195 Å². The Hall–Kier alpha value is -2.19. The van der Waals surface area contributed by atoms with Gasteiger partial charge in [-0.25, -0.2) is 0 Å². The molecule has 2 heterocycles. The first-order valence-corrected chi connectivity index (χ1v) is 12.8. The molecule has 2 aliphatic rings. The van der Waals surface area contributed by atoms with Gasteiger partial charge in [0.15, 0.2) is 5.78 Å². The highest BCUT2D eigenvalue weighted by Crippen LogP contribution is 2.46. The first-order valence-electron chi connectivity index (χ1n) is 10.8. The fourth-order valence-electron chi connectivity index (χ4n) is 5.17. The van der Waals surface area contributed by atoms with E-state index in [9.17, 15) is 9.35 Å². The van der Waals surface area contributed by atoms with Gasteiger partial charge in [0.2, 0.25) is 0 Å². The van der Waals surface area contributed by atoms with Gasteiger partial charge in [-0.15, -0.1) is 4.72 Å². The van der Waals surface area contributed by atoms with Gasteiger partial charge >= 0.3 is 0 Å². The van der Waals surface area contributed by atoms with Crippen LogP contribution in [-0.4, -0.2) is 40.7 Å². The molecule has 0 bridgehead atoms. The number of hydrogen-bond donors (Lipinski definition) is 3. The molecule has 0 saturated carbocycles. The lowest BCUT2D eigenvalue weighted by molar-refractivity contribution is 0.103. The number of aromatic amines is 1. The highest BCUT2D eigenvalue weighted by atomic mass is 35.5. The van der Waals surface area contributed by atoms with Crippen LogP contribution in [0.3, 0.4) is 0 Å². The molecule has 3 aromatic rings. The number of halogens is 1. The lowest BCUT2D eigenvalue weighted by atomic mass is 9.71. The second kappa shape index (κ2) is 7.70. The smallest absolute Gasteiger partial charge is 0.195 e. The van der Waals surface area contributed by atoms with Crippen LogP contribution in [0.15, 0.2) is 30.3 Å². The van der Waals surface area contributed by atoms with Crippen LogP contribution >= 0.6 is 11.6 Å². The molecule has 2 aromatic carbocycles. The van der Waals surface area contributed by atoms with E-state index >= 15 is 0 Å². The van der Waals surface area contributed by atoms with E-state index in [1.54, 1.807) is 6.26 Å². The van der Waals surface area contributed by atoms with Gasteiger partial charge in [-0.05, 0) is 42.7 Å². The third kappa shape index (κ3) is 3.39. The van der Waals surface area contributed by atoms with Crippen molar-refractivity contribution in [1.82, 2.24) is 9.71 Å². The molecular formula is C24H27ClN4O2S. The number of carbonyl (C=O) groups is 1. The maximum absolute atomic E-state index is 13.6. The number of carbonyl (C=O) groups excluding carboxylic acids is 1. The van der Waals surface area contributed by atoms with Crippen molar-refractivity contribution < 1.29 is 9.35 Å². The average Bonchev–Trinajstić information content (AvgIpc) is 3.12. The van der Waals surface area contributed by atoms with Crippen LogP contribution in [0.25, 0.3) is 10.9 Å². The number of hydrogen-bond acceptors (Lipinski definition) is 5. The van der Waals surface area contributed by atoms with Crippen LogP contribution in [0, 0.1) is 0 Å². The lowest BCUT2D eigenvalue weighted by Gasteiger charge is -2.37. The summed E-state index contributed by atoms with van der Waals surface area (Å²) in [4.78, 5) is 19.3. The van der Waals surface area contributed by atoms with Crippen LogP contribution in [0.5, 0.6) is 0 Å². The molecule has 1 aliphatic carbocycles. The number of nitrogen functional groups attached to an aromatic ring is 1. The van der Waals surface area contributed by atoms with Gasteiger partial charge in [-0.1, -0.05) is 31.5 Å². The molecule has 5 rings (SSSR count). The van der Waals surface area contributed by atoms with Crippen molar-refractivity contribution in [3.8, 4) is 0 Å². The molecule has 1 atom stereocenters. The molecule has 168 valence electrons. The van der Waals surface area contributed by atoms with E-state index < -0.39 is 16.8 Å². The maximum atomic E-state index is 13.6. The molecule has 8 heteroatoms. The van der Waals surface area contributed by atoms with E-state index in [1.165, 1.54) is 0 Å². The Morgan fingerprint density at radius 2 is 1.97 bits per heavy atom. The normalized spacial score (nSPS) is 19.2. The lowest BCUT2D eigenvalue weighted by Crippen LogP contribution is -2.44. The van der Waals surface area contributed by atoms with Gasteiger partial charge in [-0.2, -0.15) is 0 Å². The molecule has 0 radical (unpaired) electrons. The largest absolute Gasteiger partial charge is 0.598 e. The number of H-pyrrole nitrogens is 1. The number of nitrogens with zero attached hydrogens (tertiary/aromatic N) is 1. The summed E-state index contributed by atoms with van der Waals surface area (Å²) in [5.41, 5.74) is 11.3. The first kappa shape index (κ1) is 21.6. The Balaban J connectivity index is 1.55. The van der Waals surface area contributed by atoms with Crippen LogP contribution in [0.2, 0.25) is 5.02 Å². The molecule has 32 heavy (non-hydrogen) atoms. The molecule has 0 spiro atoms. The Bertz CT molecular complexity index is 1230. The number of nitrogens with one attached hydrogen (secondary N) is 2. The van der Waals surface area contributed by atoms with Crippen molar-refractivity contribution in [1.29, 1.82) is 0 Å². The number of fused-ring (bicyclic) bond motifs is 4. The molecule has 1 fully saturated rings. The van der Waals surface area contributed by atoms with Crippen molar-refractivity contribution in [2.45, 2.75) is 38.1 Å². The van der Waals surface area contributed by atoms with E-state index in [0.29, 0.717) is 21.8 Å². The van der Waals surface area contributed by atoms with E-state index in [1.807, 2.05) is 24.3 Å². The molecule has 1 aromatic heterocycles. The molecule has 4 N–H and O–H groups in total. The summed E-state index contributed by atoms with van der Waals surface area (Å²) in [5.74, 6) is -0.00729. The summed E-state index contributed by atoms with van der Waals surface area (Å²) >= 11 is 5.72. The Morgan fingerprint density at radius 3 is 2.66 bits per heavy atom. The summed E-state index contributed by atoms with van der Waals surface area (Å²) in [6.07, 6.45) is 3.45. The number of piperidine rings is 1. The third-order valence-corrected chi connectivity index (χ3v) is 7.82. The minimum Gasteiger partial charge on any atom is -0.598 e. The van der Waals surface area contributed by atoms with Crippen LogP contribution in [0.1, 0.15) is 53.9 Å².